The van der Waals surface area contributed by atoms with E-state index in [9.17, 15) is 4.39 Å². The van der Waals surface area contributed by atoms with E-state index in [1.54, 1.807) is 0 Å². The first kappa shape index (κ1) is 15.2. The average molecular weight is 369 g/mol. The molecule has 21 heavy (non-hydrogen) atoms. The summed E-state index contributed by atoms with van der Waals surface area (Å²) in [7, 11) is 0. The summed E-state index contributed by atoms with van der Waals surface area (Å²) in [6.45, 7) is 3.75. The highest BCUT2D eigenvalue weighted by Gasteiger charge is 2.30. The fourth-order valence-corrected chi connectivity index (χ4v) is 4.50. The van der Waals surface area contributed by atoms with E-state index in [0.29, 0.717) is 17.1 Å². The van der Waals surface area contributed by atoms with Crippen LogP contribution in [0.5, 0.6) is 0 Å². The molecule has 2 aromatic rings. The third-order valence-electron chi connectivity index (χ3n) is 4.28. The van der Waals surface area contributed by atoms with E-state index < -0.39 is 0 Å². The van der Waals surface area contributed by atoms with Crippen molar-refractivity contribution < 1.29 is 4.39 Å². The van der Waals surface area contributed by atoms with E-state index >= 15 is 0 Å². The van der Waals surface area contributed by atoms with Crippen LogP contribution in [-0.2, 0) is 6.42 Å². The molecule has 0 saturated carbocycles. The smallest absolute Gasteiger partial charge is 0.137 e. The van der Waals surface area contributed by atoms with Crippen molar-refractivity contribution in [2.75, 3.05) is 13.1 Å². The van der Waals surface area contributed by atoms with E-state index in [-0.39, 0.29) is 11.9 Å². The van der Waals surface area contributed by atoms with Crippen molar-refractivity contribution in [3.8, 4) is 0 Å². The Morgan fingerprint density at radius 3 is 3.00 bits per heavy atom. The first-order chi connectivity index (χ1) is 10.1. The summed E-state index contributed by atoms with van der Waals surface area (Å²) in [6.07, 6.45) is 1.07. The van der Waals surface area contributed by atoms with Crippen LogP contribution in [0.1, 0.15) is 35.0 Å². The Morgan fingerprint density at radius 2 is 2.29 bits per heavy atom. The number of hydrogen-bond donors (Lipinski definition) is 1. The van der Waals surface area contributed by atoms with Crippen LogP contribution in [0.2, 0.25) is 0 Å². The van der Waals surface area contributed by atoms with Crippen LogP contribution in [0.25, 0.3) is 0 Å². The Kier molecular flexibility index (Phi) is 4.45. The third kappa shape index (κ3) is 2.80. The van der Waals surface area contributed by atoms with Gasteiger partial charge in [0.1, 0.15) is 5.82 Å². The van der Waals surface area contributed by atoms with Crippen molar-refractivity contribution >= 4 is 27.3 Å². The second kappa shape index (κ2) is 6.16. The molecule has 2 N–H and O–H groups in total. The predicted octanol–water partition coefficient (Wildman–Crippen LogP) is 4.27. The first-order valence-corrected chi connectivity index (χ1v) is 8.76. The molecule has 1 aliphatic heterocycles. The van der Waals surface area contributed by atoms with Gasteiger partial charge in [0.15, 0.2) is 0 Å². The summed E-state index contributed by atoms with van der Waals surface area (Å²) in [5.74, 6) is -0.235. The number of benzene rings is 1. The standard InChI is InChI=1S/C16H18BrFN2S/c1-10-12-5-7-21-16(12)4-6-20(10)15(9-19)11-2-3-14(18)13(17)8-11/h2-3,5,7-8,10,15H,4,6,9,19H2,1H3. The second-order valence-corrected chi connectivity index (χ2v) is 7.24. The van der Waals surface area contributed by atoms with Gasteiger partial charge in [-0.15, -0.1) is 11.3 Å². The number of halogens is 2. The molecule has 1 aliphatic rings. The summed E-state index contributed by atoms with van der Waals surface area (Å²) >= 11 is 5.11. The number of nitrogens with two attached hydrogens (primary N) is 1. The van der Waals surface area contributed by atoms with Crippen LogP contribution in [0.15, 0.2) is 34.1 Å². The van der Waals surface area contributed by atoms with Gasteiger partial charge in [-0.1, -0.05) is 6.07 Å². The minimum Gasteiger partial charge on any atom is -0.329 e. The van der Waals surface area contributed by atoms with E-state index in [1.807, 2.05) is 23.5 Å². The zero-order valence-electron chi connectivity index (χ0n) is 11.9. The zero-order chi connectivity index (χ0) is 15.0. The molecule has 2 heterocycles. The summed E-state index contributed by atoms with van der Waals surface area (Å²) in [4.78, 5) is 3.91. The van der Waals surface area contributed by atoms with Crippen molar-refractivity contribution in [1.82, 2.24) is 4.90 Å². The van der Waals surface area contributed by atoms with Gasteiger partial charge in [-0.3, -0.25) is 4.90 Å². The molecule has 0 fully saturated rings. The Balaban J connectivity index is 1.92. The maximum atomic E-state index is 13.5. The van der Waals surface area contributed by atoms with Crippen molar-refractivity contribution in [2.45, 2.75) is 25.4 Å². The number of rotatable bonds is 3. The summed E-state index contributed by atoms with van der Waals surface area (Å²) in [5, 5.41) is 2.16. The molecule has 0 bridgehead atoms. The fourth-order valence-electron chi connectivity index (χ4n) is 3.14. The van der Waals surface area contributed by atoms with Crippen LogP contribution in [0.4, 0.5) is 4.39 Å². The van der Waals surface area contributed by atoms with Crippen LogP contribution in [0.3, 0.4) is 0 Å². The normalized spacial score (nSPS) is 20.3. The zero-order valence-corrected chi connectivity index (χ0v) is 14.3. The van der Waals surface area contributed by atoms with Crippen LogP contribution in [-0.4, -0.2) is 18.0 Å². The molecule has 1 aromatic heterocycles. The summed E-state index contributed by atoms with van der Waals surface area (Å²) < 4.78 is 13.9. The van der Waals surface area contributed by atoms with Gasteiger partial charge in [0.2, 0.25) is 0 Å². The van der Waals surface area contributed by atoms with Crippen LogP contribution in [0, 0.1) is 5.82 Å². The molecule has 2 nitrogen and oxygen atoms in total. The van der Waals surface area contributed by atoms with Gasteiger partial charge >= 0.3 is 0 Å². The molecule has 112 valence electrons. The first-order valence-electron chi connectivity index (χ1n) is 7.09. The van der Waals surface area contributed by atoms with Gasteiger partial charge < -0.3 is 5.73 Å². The summed E-state index contributed by atoms with van der Waals surface area (Å²) in [5.41, 5.74) is 8.51. The number of thiophene rings is 1. The molecule has 5 heteroatoms. The quantitative estimate of drug-likeness (QED) is 0.876. The molecule has 0 spiro atoms. The Hall–Kier alpha value is -0.750. The van der Waals surface area contributed by atoms with Crippen molar-refractivity contribution in [2.24, 2.45) is 5.73 Å². The molecular formula is C16H18BrFN2S. The lowest BCUT2D eigenvalue weighted by molar-refractivity contribution is 0.138. The van der Waals surface area contributed by atoms with Gasteiger partial charge in [0.25, 0.3) is 0 Å². The molecular weight excluding hydrogens is 351 g/mol. The second-order valence-electron chi connectivity index (χ2n) is 5.39. The monoisotopic (exact) mass is 368 g/mol. The minimum absolute atomic E-state index is 0.116. The lowest BCUT2D eigenvalue weighted by Crippen LogP contribution is -2.39. The molecule has 0 amide bonds. The number of fused-ring (bicyclic) bond motifs is 1. The lowest BCUT2D eigenvalue weighted by Gasteiger charge is -2.39. The molecule has 2 unspecified atom stereocenters. The molecule has 0 aliphatic carbocycles. The fraction of sp³-hybridized carbons (Fsp3) is 0.375. The molecule has 1 aromatic carbocycles. The van der Waals surface area contributed by atoms with Gasteiger partial charge in [-0.2, -0.15) is 0 Å². The molecule has 0 saturated heterocycles. The molecule has 3 rings (SSSR count). The minimum atomic E-state index is -0.235. The third-order valence-corrected chi connectivity index (χ3v) is 5.88. The van der Waals surface area contributed by atoms with Crippen LogP contribution >= 0.6 is 27.3 Å². The van der Waals surface area contributed by atoms with Crippen molar-refractivity contribution in [3.05, 3.63) is 55.9 Å². The van der Waals surface area contributed by atoms with Crippen molar-refractivity contribution in [3.63, 3.8) is 0 Å². The van der Waals surface area contributed by atoms with Gasteiger partial charge in [0, 0.05) is 30.1 Å². The predicted molar refractivity (Wildman–Crippen MR) is 89.0 cm³/mol. The van der Waals surface area contributed by atoms with E-state index in [2.05, 4.69) is 39.2 Å². The van der Waals surface area contributed by atoms with Gasteiger partial charge in [-0.05, 0) is 64.0 Å². The maximum absolute atomic E-state index is 13.5. The Labute approximate surface area is 136 Å². The van der Waals surface area contributed by atoms with E-state index in [0.717, 1.165) is 18.5 Å². The van der Waals surface area contributed by atoms with Gasteiger partial charge in [-0.25, -0.2) is 4.39 Å². The molecule has 0 radical (unpaired) electrons. The molecule has 2 atom stereocenters. The highest BCUT2D eigenvalue weighted by atomic mass is 79.9. The largest absolute Gasteiger partial charge is 0.329 e. The number of hydrogen-bond acceptors (Lipinski definition) is 3. The lowest BCUT2D eigenvalue weighted by atomic mass is 9.96. The van der Waals surface area contributed by atoms with Crippen LogP contribution < -0.4 is 5.73 Å². The maximum Gasteiger partial charge on any atom is 0.137 e. The highest BCUT2D eigenvalue weighted by Crippen LogP contribution is 2.38. The Bertz CT molecular complexity index is 643. The topological polar surface area (TPSA) is 29.3 Å². The van der Waals surface area contributed by atoms with E-state index in [4.69, 9.17) is 5.73 Å². The van der Waals surface area contributed by atoms with Crippen molar-refractivity contribution in [1.29, 1.82) is 0 Å². The average Bonchev–Trinajstić information content (AvgIpc) is 2.95. The van der Waals surface area contributed by atoms with E-state index in [1.165, 1.54) is 16.5 Å². The summed E-state index contributed by atoms with van der Waals surface area (Å²) in [6, 6.07) is 7.87. The van der Waals surface area contributed by atoms with Gasteiger partial charge in [0.05, 0.1) is 4.47 Å². The Morgan fingerprint density at radius 1 is 1.48 bits per heavy atom. The highest BCUT2D eigenvalue weighted by molar-refractivity contribution is 9.10. The SMILES string of the molecule is CC1c2ccsc2CCN1C(CN)c1ccc(F)c(Br)c1. The number of nitrogens with zero attached hydrogens (tertiary/aromatic N) is 1.